The molecule has 0 fully saturated rings. The largest absolute Gasteiger partial charge is 0.497 e. The van der Waals surface area contributed by atoms with E-state index in [0.29, 0.717) is 11.4 Å². The molecule has 3 heteroatoms. The molecule has 2 rings (SSSR count). The molecule has 3 nitrogen and oxygen atoms in total. The van der Waals surface area contributed by atoms with Gasteiger partial charge in [0, 0.05) is 5.56 Å². The topological polar surface area (TPSA) is 44.5 Å². The van der Waals surface area contributed by atoms with E-state index in [1.54, 1.807) is 14.2 Å². The second-order valence-corrected chi connectivity index (χ2v) is 3.65. The molecule has 17 heavy (non-hydrogen) atoms. The highest BCUT2D eigenvalue weighted by molar-refractivity contribution is 5.81. The number of nitrogen functional groups attached to an aromatic ring is 1. The van der Waals surface area contributed by atoms with E-state index in [0.717, 1.165) is 16.9 Å². The second kappa shape index (κ2) is 4.78. The normalized spacial score (nSPS) is 10.0. The average Bonchev–Trinajstić information content (AvgIpc) is 2.39. The van der Waals surface area contributed by atoms with Crippen molar-refractivity contribution in [3.05, 3.63) is 42.5 Å². The number of nitrogens with two attached hydrogens (primary N) is 1. The highest BCUT2D eigenvalue weighted by Gasteiger charge is 2.07. The molecule has 0 aromatic heterocycles. The van der Waals surface area contributed by atoms with Crippen LogP contribution in [0, 0.1) is 0 Å². The lowest BCUT2D eigenvalue weighted by molar-refractivity contribution is 0.415. The molecule has 0 heterocycles. The average molecular weight is 229 g/mol. The number of hydrogen-bond acceptors (Lipinski definition) is 3. The Kier molecular flexibility index (Phi) is 3.19. The van der Waals surface area contributed by atoms with Crippen LogP contribution in [0.4, 0.5) is 5.69 Å². The van der Waals surface area contributed by atoms with Gasteiger partial charge in [-0.25, -0.2) is 0 Å². The summed E-state index contributed by atoms with van der Waals surface area (Å²) < 4.78 is 10.4. The Hall–Kier alpha value is -2.16. The summed E-state index contributed by atoms with van der Waals surface area (Å²) in [6, 6.07) is 13.5. The highest BCUT2D eigenvalue weighted by Crippen LogP contribution is 2.34. The van der Waals surface area contributed by atoms with Crippen LogP contribution in [0.2, 0.25) is 0 Å². The van der Waals surface area contributed by atoms with Crippen molar-refractivity contribution in [1.82, 2.24) is 0 Å². The third-order valence-corrected chi connectivity index (χ3v) is 2.67. The zero-order valence-electron chi connectivity index (χ0n) is 9.94. The van der Waals surface area contributed by atoms with Crippen molar-refractivity contribution >= 4 is 5.69 Å². The van der Waals surface area contributed by atoms with Gasteiger partial charge in [0.1, 0.15) is 11.5 Å². The summed E-state index contributed by atoms with van der Waals surface area (Å²) in [7, 11) is 3.26. The maximum absolute atomic E-state index is 6.05. The number of methoxy groups -OCH3 is 2. The molecule has 0 aliphatic carbocycles. The number of para-hydroxylation sites is 1. The summed E-state index contributed by atoms with van der Waals surface area (Å²) in [6.45, 7) is 0. The summed E-state index contributed by atoms with van der Waals surface area (Å²) in [5.74, 6) is 1.50. The predicted molar refractivity (Wildman–Crippen MR) is 69.4 cm³/mol. The monoisotopic (exact) mass is 229 g/mol. The van der Waals surface area contributed by atoms with Crippen LogP contribution in [-0.4, -0.2) is 14.2 Å². The zero-order chi connectivity index (χ0) is 12.3. The minimum Gasteiger partial charge on any atom is -0.497 e. The van der Waals surface area contributed by atoms with Crippen LogP contribution in [0.5, 0.6) is 11.5 Å². The molecular weight excluding hydrogens is 214 g/mol. The van der Waals surface area contributed by atoms with Gasteiger partial charge in [-0.3, -0.25) is 0 Å². The van der Waals surface area contributed by atoms with Gasteiger partial charge >= 0.3 is 0 Å². The molecule has 0 aliphatic rings. The molecule has 0 amide bonds. The van der Waals surface area contributed by atoms with Crippen molar-refractivity contribution in [2.45, 2.75) is 0 Å². The molecule has 0 saturated heterocycles. The highest BCUT2D eigenvalue weighted by atomic mass is 16.5. The lowest BCUT2D eigenvalue weighted by Gasteiger charge is -2.10. The molecule has 0 saturated carbocycles. The summed E-state index contributed by atoms with van der Waals surface area (Å²) >= 11 is 0. The van der Waals surface area contributed by atoms with Crippen molar-refractivity contribution < 1.29 is 9.47 Å². The zero-order valence-corrected chi connectivity index (χ0v) is 9.94. The molecule has 2 aromatic rings. The fraction of sp³-hybridized carbons (Fsp3) is 0.143. The van der Waals surface area contributed by atoms with Crippen molar-refractivity contribution in [2.75, 3.05) is 20.0 Å². The number of benzene rings is 2. The van der Waals surface area contributed by atoms with Gasteiger partial charge in [0.2, 0.25) is 0 Å². The quantitative estimate of drug-likeness (QED) is 0.823. The molecule has 0 bridgehead atoms. The first-order valence-corrected chi connectivity index (χ1v) is 5.33. The van der Waals surface area contributed by atoms with Gasteiger partial charge in [-0.1, -0.05) is 24.3 Å². The number of ether oxygens (including phenoxy) is 2. The van der Waals surface area contributed by atoms with Gasteiger partial charge < -0.3 is 15.2 Å². The fourth-order valence-electron chi connectivity index (χ4n) is 1.76. The van der Waals surface area contributed by atoms with Crippen LogP contribution in [0.1, 0.15) is 0 Å². The Labute approximate surface area is 101 Å². The Bertz CT molecular complexity index is 523. The van der Waals surface area contributed by atoms with Crippen LogP contribution < -0.4 is 15.2 Å². The van der Waals surface area contributed by atoms with E-state index in [9.17, 15) is 0 Å². The van der Waals surface area contributed by atoms with Gasteiger partial charge in [0.25, 0.3) is 0 Å². The maximum Gasteiger partial charge on any atom is 0.142 e. The molecule has 0 aliphatic heterocycles. The van der Waals surface area contributed by atoms with Crippen molar-refractivity contribution in [1.29, 1.82) is 0 Å². The smallest absolute Gasteiger partial charge is 0.142 e. The maximum atomic E-state index is 6.05. The van der Waals surface area contributed by atoms with Gasteiger partial charge in [0.15, 0.2) is 0 Å². The van der Waals surface area contributed by atoms with Gasteiger partial charge in [-0.2, -0.15) is 0 Å². The van der Waals surface area contributed by atoms with E-state index in [4.69, 9.17) is 15.2 Å². The van der Waals surface area contributed by atoms with Crippen LogP contribution >= 0.6 is 0 Å². The van der Waals surface area contributed by atoms with Crippen molar-refractivity contribution in [2.24, 2.45) is 0 Å². The molecular formula is C14H15NO2. The van der Waals surface area contributed by atoms with E-state index in [1.165, 1.54) is 0 Å². The van der Waals surface area contributed by atoms with Crippen LogP contribution in [-0.2, 0) is 0 Å². The molecule has 88 valence electrons. The molecule has 2 aromatic carbocycles. The lowest BCUT2D eigenvalue weighted by Crippen LogP contribution is -1.95. The summed E-state index contributed by atoms with van der Waals surface area (Å²) in [5.41, 5.74) is 8.66. The van der Waals surface area contributed by atoms with E-state index in [1.807, 2.05) is 42.5 Å². The first-order chi connectivity index (χ1) is 8.26. The number of hydrogen-bond donors (Lipinski definition) is 1. The Morgan fingerprint density at radius 3 is 2.41 bits per heavy atom. The Morgan fingerprint density at radius 1 is 0.941 bits per heavy atom. The predicted octanol–water partition coefficient (Wildman–Crippen LogP) is 2.95. The number of anilines is 1. The Balaban J connectivity index is 2.52. The SMILES string of the molecule is COc1cccc(-c2cccc(OC)c2N)c1. The van der Waals surface area contributed by atoms with E-state index >= 15 is 0 Å². The minimum atomic E-state index is 0.642. The van der Waals surface area contributed by atoms with Crippen molar-refractivity contribution in [3.8, 4) is 22.6 Å². The first-order valence-electron chi connectivity index (χ1n) is 5.33. The first kappa shape index (κ1) is 11.3. The van der Waals surface area contributed by atoms with Crippen LogP contribution in [0.25, 0.3) is 11.1 Å². The van der Waals surface area contributed by atoms with Crippen LogP contribution in [0.15, 0.2) is 42.5 Å². The van der Waals surface area contributed by atoms with E-state index < -0.39 is 0 Å². The van der Waals surface area contributed by atoms with Gasteiger partial charge in [-0.15, -0.1) is 0 Å². The van der Waals surface area contributed by atoms with E-state index in [2.05, 4.69) is 0 Å². The standard InChI is InChI=1S/C14H15NO2/c1-16-11-6-3-5-10(9-11)12-7-4-8-13(17-2)14(12)15/h3-9H,15H2,1-2H3. The number of rotatable bonds is 3. The summed E-state index contributed by atoms with van der Waals surface area (Å²) in [4.78, 5) is 0. The summed E-state index contributed by atoms with van der Waals surface area (Å²) in [5, 5.41) is 0. The third kappa shape index (κ3) is 2.18. The molecule has 2 N–H and O–H groups in total. The molecule has 0 spiro atoms. The van der Waals surface area contributed by atoms with Crippen LogP contribution in [0.3, 0.4) is 0 Å². The molecule has 0 atom stereocenters. The van der Waals surface area contributed by atoms with E-state index in [-0.39, 0.29) is 0 Å². The minimum absolute atomic E-state index is 0.642. The Morgan fingerprint density at radius 2 is 1.71 bits per heavy atom. The van der Waals surface area contributed by atoms with Gasteiger partial charge in [0.05, 0.1) is 19.9 Å². The summed E-state index contributed by atoms with van der Waals surface area (Å²) in [6.07, 6.45) is 0. The lowest BCUT2D eigenvalue weighted by atomic mass is 10.0. The van der Waals surface area contributed by atoms with Crippen molar-refractivity contribution in [3.63, 3.8) is 0 Å². The van der Waals surface area contributed by atoms with Gasteiger partial charge in [-0.05, 0) is 23.8 Å². The third-order valence-electron chi connectivity index (χ3n) is 2.67. The molecule has 0 unspecified atom stereocenters. The fourth-order valence-corrected chi connectivity index (χ4v) is 1.76. The second-order valence-electron chi connectivity index (χ2n) is 3.65. The molecule has 0 radical (unpaired) electrons.